The Morgan fingerprint density at radius 1 is 0.903 bits per heavy atom. The van der Waals surface area contributed by atoms with Crippen LogP contribution in [0.4, 0.5) is 11.8 Å². The van der Waals surface area contributed by atoms with E-state index in [2.05, 4.69) is 15.2 Å². The minimum Gasteiger partial charge on any atom is -0.353 e. The van der Waals surface area contributed by atoms with Crippen molar-refractivity contribution in [1.29, 1.82) is 0 Å². The molecule has 0 atom stereocenters. The summed E-state index contributed by atoms with van der Waals surface area (Å²) >= 11 is 0. The van der Waals surface area contributed by atoms with Crippen molar-refractivity contribution in [3.05, 3.63) is 66.7 Å². The maximum absolute atomic E-state index is 13.4. The fraction of sp³-hybridized carbons (Fsp3) is 0.217. The Morgan fingerprint density at radius 2 is 1.61 bits per heavy atom. The van der Waals surface area contributed by atoms with Crippen LogP contribution in [0, 0.1) is 0 Å². The lowest BCUT2D eigenvalue weighted by Crippen LogP contribution is -2.44. The fourth-order valence-electron chi connectivity index (χ4n) is 3.90. The molecule has 1 N–H and O–H groups in total. The van der Waals surface area contributed by atoms with Gasteiger partial charge in [-0.25, -0.2) is 17.7 Å². The molecule has 1 aliphatic heterocycles. The van der Waals surface area contributed by atoms with Crippen LogP contribution in [-0.2, 0) is 10.0 Å². The van der Waals surface area contributed by atoms with E-state index in [1.807, 2.05) is 54.6 Å². The maximum atomic E-state index is 13.4. The number of hydrogen-bond acceptors (Lipinski definition) is 6. The second-order valence-electron chi connectivity index (χ2n) is 7.58. The van der Waals surface area contributed by atoms with Crippen LogP contribution in [-0.4, -0.2) is 51.6 Å². The van der Waals surface area contributed by atoms with E-state index in [4.69, 9.17) is 4.98 Å². The third kappa shape index (κ3) is 3.58. The summed E-state index contributed by atoms with van der Waals surface area (Å²) in [5, 5.41) is 6.13. The van der Waals surface area contributed by atoms with Gasteiger partial charge in [0.25, 0.3) is 10.0 Å². The Bertz CT molecular complexity index is 1370. The molecular weight excluding hydrogens is 410 g/mol. The van der Waals surface area contributed by atoms with Gasteiger partial charge in [-0.1, -0.05) is 42.5 Å². The van der Waals surface area contributed by atoms with E-state index in [-0.39, 0.29) is 10.8 Å². The zero-order valence-corrected chi connectivity index (χ0v) is 18.0. The molecule has 0 unspecified atom stereocenters. The molecule has 1 fully saturated rings. The number of aromatic nitrogens is 2. The van der Waals surface area contributed by atoms with Crippen molar-refractivity contribution in [3.8, 4) is 0 Å². The average Bonchev–Trinajstić information content (AvgIpc) is 2.83. The van der Waals surface area contributed by atoms with Crippen molar-refractivity contribution in [3.63, 3.8) is 0 Å². The van der Waals surface area contributed by atoms with E-state index in [0.29, 0.717) is 0 Å². The first-order chi connectivity index (χ1) is 15.0. The number of benzene rings is 3. The zero-order valence-electron chi connectivity index (χ0n) is 17.2. The normalized spacial score (nSPS) is 14.8. The standard InChI is InChI=1S/C23H23N5O2S/c1-27(31(29,30)19-11-10-17-6-2-3-7-18(17)16-19)23-25-21-9-5-4-8-20(21)22(26-23)28-14-12-24-13-15-28/h2-11,16,24H,12-15H2,1H3. The molecule has 3 aromatic carbocycles. The lowest BCUT2D eigenvalue weighted by molar-refractivity contribution is 0.585. The zero-order chi connectivity index (χ0) is 21.4. The van der Waals surface area contributed by atoms with Gasteiger partial charge >= 0.3 is 0 Å². The summed E-state index contributed by atoms with van der Waals surface area (Å²) in [6, 6.07) is 20.6. The molecule has 0 saturated carbocycles. The molecule has 2 heterocycles. The summed E-state index contributed by atoms with van der Waals surface area (Å²) in [6.45, 7) is 3.33. The smallest absolute Gasteiger partial charge is 0.266 e. The molecule has 0 aliphatic carbocycles. The van der Waals surface area contributed by atoms with Crippen LogP contribution in [0.3, 0.4) is 0 Å². The molecular formula is C23H23N5O2S. The molecule has 0 spiro atoms. The van der Waals surface area contributed by atoms with Gasteiger partial charge in [0.1, 0.15) is 5.82 Å². The van der Waals surface area contributed by atoms with Crippen LogP contribution in [0.2, 0.25) is 0 Å². The molecule has 31 heavy (non-hydrogen) atoms. The first-order valence-electron chi connectivity index (χ1n) is 10.2. The predicted molar refractivity (Wildman–Crippen MR) is 124 cm³/mol. The Kier molecular flexibility index (Phi) is 4.95. The van der Waals surface area contributed by atoms with Gasteiger partial charge in [-0.2, -0.15) is 4.98 Å². The number of nitrogens with one attached hydrogen (secondary N) is 1. The topological polar surface area (TPSA) is 78.4 Å². The highest BCUT2D eigenvalue weighted by atomic mass is 32.2. The van der Waals surface area contributed by atoms with Crippen molar-refractivity contribution in [1.82, 2.24) is 15.3 Å². The molecule has 5 rings (SSSR count). The number of rotatable bonds is 4. The maximum Gasteiger partial charge on any atom is 0.266 e. The molecule has 7 nitrogen and oxygen atoms in total. The first-order valence-corrected chi connectivity index (χ1v) is 11.7. The van der Waals surface area contributed by atoms with Crippen LogP contribution in [0.5, 0.6) is 0 Å². The van der Waals surface area contributed by atoms with Crippen molar-refractivity contribution >= 4 is 43.5 Å². The van der Waals surface area contributed by atoms with Crippen LogP contribution < -0.4 is 14.5 Å². The number of anilines is 2. The van der Waals surface area contributed by atoms with Gasteiger partial charge in [0, 0.05) is 38.6 Å². The van der Waals surface area contributed by atoms with Crippen LogP contribution >= 0.6 is 0 Å². The van der Waals surface area contributed by atoms with E-state index in [9.17, 15) is 8.42 Å². The Morgan fingerprint density at radius 3 is 2.42 bits per heavy atom. The second-order valence-corrected chi connectivity index (χ2v) is 9.55. The summed E-state index contributed by atoms with van der Waals surface area (Å²) in [5.74, 6) is 0.933. The molecule has 8 heteroatoms. The number of hydrogen-bond donors (Lipinski definition) is 1. The first kappa shape index (κ1) is 19.7. The summed E-state index contributed by atoms with van der Waals surface area (Å²) < 4.78 is 28.0. The molecule has 0 radical (unpaired) electrons. The van der Waals surface area contributed by atoms with Crippen molar-refractivity contribution < 1.29 is 8.42 Å². The number of sulfonamides is 1. The SMILES string of the molecule is CN(c1nc(N2CCNCC2)c2ccccc2n1)S(=O)(=O)c1ccc2ccccc2c1. The Hall–Kier alpha value is -3.23. The molecule has 1 aliphatic rings. The van der Waals surface area contributed by atoms with Gasteiger partial charge in [0.15, 0.2) is 0 Å². The molecule has 4 aromatic rings. The molecule has 158 valence electrons. The minimum absolute atomic E-state index is 0.167. The summed E-state index contributed by atoms with van der Waals surface area (Å²) in [7, 11) is -2.31. The van der Waals surface area contributed by atoms with Gasteiger partial charge in [-0.05, 0) is 35.0 Å². The van der Waals surface area contributed by atoms with Gasteiger partial charge in [-0.15, -0.1) is 0 Å². The largest absolute Gasteiger partial charge is 0.353 e. The monoisotopic (exact) mass is 433 g/mol. The third-order valence-electron chi connectivity index (χ3n) is 5.65. The third-order valence-corrected chi connectivity index (χ3v) is 7.38. The van der Waals surface area contributed by atoms with E-state index in [0.717, 1.165) is 53.7 Å². The number of fused-ring (bicyclic) bond motifs is 2. The van der Waals surface area contributed by atoms with Gasteiger partial charge < -0.3 is 10.2 Å². The lowest BCUT2D eigenvalue weighted by atomic mass is 10.1. The number of para-hydroxylation sites is 1. The Labute approximate surface area is 181 Å². The van der Waals surface area contributed by atoms with E-state index in [1.54, 1.807) is 12.1 Å². The molecule has 0 amide bonds. The summed E-state index contributed by atoms with van der Waals surface area (Å²) in [4.78, 5) is 11.7. The second kappa shape index (κ2) is 7.79. The predicted octanol–water partition coefficient (Wildman–Crippen LogP) is 3.02. The van der Waals surface area contributed by atoms with Crippen LogP contribution in [0.1, 0.15) is 0 Å². The fourth-order valence-corrected chi connectivity index (χ4v) is 5.03. The number of nitrogens with zero attached hydrogens (tertiary/aromatic N) is 4. The highest BCUT2D eigenvalue weighted by molar-refractivity contribution is 7.92. The average molecular weight is 434 g/mol. The molecule has 1 saturated heterocycles. The van der Waals surface area contributed by atoms with Gasteiger partial charge in [-0.3, -0.25) is 0 Å². The molecule has 1 aromatic heterocycles. The van der Waals surface area contributed by atoms with E-state index >= 15 is 0 Å². The summed E-state index contributed by atoms with van der Waals surface area (Å²) in [5.41, 5.74) is 0.724. The van der Waals surface area contributed by atoms with E-state index in [1.165, 1.54) is 11.4 Å². The molecule has 0 bridgehead atoms. The van der Waals surface area contributed by atoms with Crippen LogP contribution in [0.25, 0.3) is 21.7 Å². The highest BCUT2D eigenvalue weighted by Crippen LogP contribution is 2.29. The summed E-state index contributed by atoms with van der Waals surface area (Å²) in [6.07, 6.45) is 0. The van der Waals surface area contributed by atoms with Gasteiger partial charge in [0.05, 0.1) is 10.4 Å². The van der Waals surface area contributed by atoms with Crippen molar-refractivity contribution in [2.24, 2.45) is 0 Å². The van der Waals surface area contributed by atoms with Crippen molar-refractivity contribution in [2.45, 2.75) is 4.90 Å². The quantitative estimate of drug-likeness (QED) is 0.533. The van der Waals surface area contributed by atoms with Crippen LogP contribution in [0.15, 0.2) is 71.6 Å². The minimum atomic E-state index is -3.82. The van der Waals surface area contributed by atoms with Gasteiger partial charge in [0.2, 0.25) is 5.95 Å². The van der Waals surface area contributed by atoms with E-state index < -0.39 is 10.0 Å². The Balaban J connectivity index is 1.60. The highest BCUT2D eigenvalue weighted by Gasteiger charge is 2.26. The number of piperazine rings is 1. The lowest BCUT2D eigenvalue weighted by Gasteiger charge is -2.30. The van der Waals surface area contributed by atoms with Crippen molar-refractivity contribution in [2.75, 3.05) is 42.4 Å².